The summed E-state index contributed by atoms with van der Waals surface area (Å²) in [4.78, 5) is 41.1. The predicted molar refractivity (Wildman–Crippen MR) is 99.4 cm³/mol. The van der Waals surface area contributed by atoms with Crippen LogP contribution in [0.2, 0.25) is 0 Å². The fourth-order valence-corrected chi connectivity index (χ4v) is 3.32. The van der Waals surface area contributed by atoms with Crippen LogP contribution in [0.15, 0.2) is 18.2 Å². The summed E-state index contributed by atoms with van der Waals surface area (Å²) in [5.41, 5.74) is 0.639. The topological polar surface area (TPSA) is 99.6 Å². The second-order valence-electron chi connectivity index (χ2n) is 6.57. The predicted octanol–water partition coefficient (Wildman–Crippen LogP) is 0.428. The lowest BCUT2D eigenvalue weighted by Crippen LogP contribution is -2.49. The number of carbonyl (C=O) groups is 3. The Hall–Kier alpha value is -2.65. The number of carbonyl (C=O) groups excluding carboxylic acids is 3. The third-order valence-corrected chi connectivity index (χ3v) is 4.84. The molecule has 0 aliphatic carbocycles. The molecule has 1 aromatic carbocycles. The number of aliphatic hydroxyl groups excluding tert-OH is 1. The van der Waals surface area contributed by atoms with Crippen molar-refractivity contribution in [2.75, 3.05) is 59.1 Å². The molecule has 9 heteroatoms. The molecule has 0 radical (unpaired) electrons. The first-order valence-corrected chi connectivity index (χ1v) is 9.43. The van der Waals surface area contributed by atoms with Gasteiger partial charge in [-0.1, -0.05) is 0 Å². The summed E-state index contributed by atoms with van der Waals surface area (Å²) < 4.78 is 10.8. The van der Waals surface area contributed by atoms with Crippen LogP contribution in [0.4, 0.5) is 4.79 Å². The van der Waals surface area contributed by atoms with Crippen molar-refractivity contribution in [2.45, 2.75) is 6.92 Å². The van der Waals surface area contributed by atoms with Crippen LogP contribution in [0, 0.1) is 0 Å². The van der Waals surface area contributed by atoms with Crippen molar-refractivity contribution in [1.29, 1.82) is 0 Å². The van der Waals surface area contributed by atoms with Crippen molar-refractivity contribution in [3.05, 3.63) is 29.3 Å². The molecule has 0 spiro atoms. The van der Waals surface area contributed by atoms with Crippen LogP contribution in [0.1, 0.15) is 27.6 Å². The third kappa shape index (κ3) is 4.26. The zero-order chi connectivity index (χ0) is 20.1. The van der Waals surface area contributed by atoms with Gasteiger partial charge in [-0.2, -0.15) is 0 Å². The van der Waals surface area contributed by atoms with E-state index < -0.39 is 5.91 Å². The highest BCUT2D eigenvalue weighted by molar-refractivity contribution is 6.21. The number of fused-ring (bicyclic) bond motifs is 1. The molecule has 3 amide bonds. The highest BCUT2D eigenvalue weighted by Crippen LogP contribution is 2.26. The molecule has 2 aliphatic heterocycles. The molecule has 1 saturated heterocycles. The summed E-state index contributed by atoms with van der Waals surface area (Å²) in [5, 5.41) is 9.01. The molecule has 0 saturated carbocycles. The van der Waals surface area contributed by atoms with Crippen LogP contribution in [-0.2, 0) is 4.74 Å². The van der Waals surface area contributed by atoms with E-state index in [9.17, 15) is 14.4 Å². The van der Waals surface area contributed by atoms with Crippen molar-refractivity contribution in [3.8, 4) is 5.75 Å². The highest BCUT2D eigenvalue weighted by Gasteiger charge is 2.35. The van der Waals surface area contributed by atoms with Crippen LogP contribution in [0.5, 0.6) is 5.75 Å². The van der Waals surface area contributed by atoms with E-state index in [0.29, 0.717) is 49.7 Å². The Morgan fingerprint density at radius 3 is 2.46 bits per heavy atom. The molecule has 0 atom stereocenters. The Morgan fingerprint density at radius 2 is 1.79 bits per heavy atom. The van der Waals surface area contributed by atoms with Gasteiger partial charge in [0.25, 0.3) is 11.8 Å². The van der Waals surface area contributed by atoms with E-state index in [1.165, 1.54) is 0 Å². The second kappa shape index (κ2) is 9.03. The Kier molecular flexibility index (Phi) is 6.48. The summed E-state index contributed by atoms with van der Waals surface area (Å²) in [5.74, 6) is -0.273. The third-order valence-electron chi connectivity index (χ3n) is 4.84. The molecule has 1 fully saturated rings. The number of piperazine rings is 1. The van der Waals surface area contributed by atoms with Crippen molar-refractivity contribution >= 4 is 17.9 Å². The number of amides is 3. The maximum Gasteiger partial charge on any atom is 0.409 e. The number of benzene rings is 1. The summed E-state index contributed by atoms with van der Waals surface area (Å²) in [7, 11) is 0. The monoisotopic (exact) mass is 391 g/mol. The van der Waals surface area contributed by atoms with Gasteiger partial charge in [-0.05, 0) is 25.1 Å². The molecule has 9 nitrogen and oxygen atoms in total. The number of hydrogen-bond acceptors (Lipinski definition) is 7. The summed E-state index contributed by atoms with van der Waals surface area (Å²) in [6, 6.07) is 4.83. The molecule has 2 heterocycles. The van der Waals surface area contributed by atoms with Gasteiger partial charge in [-0.15, -0.1) is 0 Å². The normalized spacial score (nSPS) is 17.1. The molecular formula is C19H25N3O6. The van der Waals surface area contributed by atoms with E-state index in [-0.39, 0.29) is 25.2 Å². The van der Waals surface area contributed by atoms with Gasteiger partial charge in [0.1, 0.15) is 12.4 Å². The van der Waals surface area contributed by atoms with Gasteiger partial charge in [0.2, 0.25) is 0 Å². The number of ether oxygens (including phenoxy) is 2. The summed E-state index contributed by atoms with van der Waals surface area (Å²) in [6.07, 6.45) is -0.272. The van der Waals surface area contributed by atoms with Crippen LogP contribution in [0.3, 0.4) is 0 Å². The van der Waals surface area contributed by atoms with Crippen molar-refractivity contribution in [2.24, 2.45) is 0 Å². The van der Waals surface area contributed by atoms with Gasteiger partial charge in [0, 0.05) is 32.7 Å². The number of imide groups is 1. The zero-order valence-electron chi connectivity index (χ0n) is 15.9. The van der Waals surface area contributed by atoms with E-state index in [1.54, 1.807) is 30.0 Å². The molecule has 28 heavy (non-hydrogen) atoms. The van der Waals surface area contributed by atoms with E-state index in [4.69, 9.17) is 14.6 Å². The van der Waals surface area contributed by atoms with Gasteiger partial charge in [0.05, 0.1) is 30.9 Å². The van der Waals surface area contributed by atoms with Crippen LogP contribution < -0.4 is 4.74 Å². The largest absolute Gasteiger partial charge is 0.492 e. The lowest BCUT2D eigenvalue weighted by Gasteiger charge is -2.33. The van der Waals surface area contributed by atoms with Crippen molar-refractivity contribution < 1.29 is 29.0 Å². The molecule has 152 valence electrons. The number of hydrogen-bond donors (Lipinski definition) is 1. The van der Waals surface area contributed by atoms with Crippen LogP contribution in [0.25, 0.3) is 0 Å². The molecule has 0 unspecified atom stereocenters. The van der Waals surface area contributed by atoms with Crippen LogP contribution >= 0.6 is 0 Å². The molecule has 1 N–H and O–H groups in total. The van der Waals surface area contributed by atoms with E-state index in [0.717, 1.165) is 18.0 Å². The van der Waals surface area contributed by atoms with Gasteiger partial charge < -0.3 is 19.5 Å². The van der Waals surface area contributed by atoms with E-state index >= 15 is 0 Å². The van der Waals surface area contributed by atoms with Gasteiger partial charge in [-0.3, -0.25) is 19.4 Å². The first-order chi connectivity index (χ1) is 13.5. The maximum atomic E-state index is 12.3. The lowest BCUT2D eigenvalue weighted by atomic mass is 10.1. The fourth-order valence-electron chi connectivity index (χ4n) is 3.32. The SMILES string of the molecule is CCOC(=O)N1CCN(CCOc2ccc3c(c2)C(=O)N(CCO)C3=O)CC1. The minimum atomic E-state index is -0.408. The average molecular weight is 391 g/mol. The van der Waals surface area contributed by atoms with Crippen molar-refractivity contribution in [1.82, 2.24) is 14.7 Å². The minimum absolute atomic E-state index is 0.0136. The smallest absolute Gasteiger partial charge is 0.409 e. The number of β-amino-alcohol motifs (C(OH)–C–C–N with tert-alkyl or cyclic N) is 1. The first-order valence-electron chi connectivity index (χ1n) is 9.43. The molecule has 0 aromatic heterocycles. The quantitative estimate of drug-likeness (QED) is 0.673. The zero-order valence-corrected chi connectivity index (χ0v) is 15.9. The number of nitrogens with zero attached hydrogens (tertiary/aromatic N) is 3. The van der Waals surface area contributed by atoms with Crippen molar-refractivity contribution in [3.63, 3.8) is 0 Å². The maximum absolute atomic E-state index is 12.3. The average Bonchev–Trinajstić information content (AvgIpc) is 2.93. The standard InChI is InChI=1S/C19H25N3O6/c1-2-27-19(26)21-7-5-20(6-8-21)10-12-28-14-3-4-15-16(13-14)18(25)22(9-11-23)17(15)24/h3-4,13,23H,2,5-12H2,1H3. The number of rotatable bonds is 7. The molecule has 3 rings (SSSR count). The van der Waals surface area contributed by atoms with Gasteiger partial charge >= 0.3 is 6.09 Å². The Morgan fingerprint density at radius 1 is 1.07 bits per heavy atom. The molecular weight excluding hydrogens is 366 g/mol. The minimum Gasteiger partial charge on any atom is -0.492 e. The molecule has 2 aliphatic rings. The number of aliphatic hydroxyl groups is 1. The van der Waals surface area contributed by atoms with Gasteiger partial charge in [-0.25, -0.2) is 4.79 Å². The second-order valence-corrected chi connectivity index (χ2v) is 6.57. The van der Waals surface area contributed by atoms with Crippen LogP contribution in [-0.4, -0.2) is 96.8 Å². The fraction of sp³-hybridized carbons (Fsp3) is 0.526. The molecule has 0 bridgehead atoms. The Balaban J connectivity index is 1.48. The summed E-state index contributed by atoms with van der Waals surface area (Å²) in [6.45, 7) is 5.74. The van der Waals surface area contributed by atoms with E-state index in [2.05, 4.69) is 4.90 Å². The Bertz CT molecular complexity index is 745. The lowest BCUT2D eigenvalue weighted by molar-refractivity contribution is 0.0623. The highest BCUT2D eigenvalue weighted by atomic mass is 16.6. The van der Waals surface area contributed by atoms with E-state index in [1.807, 2.05) is 0 Å². The Labute approximate surface area is 163 Å². The van der Waals surface area contributed by atoms with Gasteiger partial charge in [0.15, 0.2) is 0 Å². The summed E-state index contributed by atoms with van der Waals surface area (Å²) >= 11 is 0. The molecule has 1 aromatic rings. The first kappa shape index (κ1) is 20.1.